The fourth-order valence-corrected chi connectivity index (χ4v) is 6.03. The van der Waals surface area contributed by atoms with Gasteiger partial charge in [-0.05, 0) is 67.8 Å². The van der Waals surface area contributed by atoms with E-state index in [1.54, 1.807) is 26.0 Å². The van der Waals surface area contributed by atoms with Gasteiger partial charge < -0.3 is 10.2 Å². The molecule has 3 rings (SSSR count). The lowest BCUT2D eigenvalue weighted by molar-refractivity contribution is -0.140. The highest BCUT2D eigenvalue weighted by atomic mass is 35.5. The molecule has 0 bridgehead atoms. The summed E-state index contributed by atoms with van der Waals surface area (Å²) in [5.74, 6) is -1.27. The van der Waals surface area contributed by atoms with Crippen LogP contribution in [-0.2, 0) is 32.3 Å². The Balaban J connectivity index is 2.12. The second-order valence-electron chi connectivity index (χ2n) is 9.88. The molecule has 232 valence electrons. The van der Waals surface area contributed by atoms with Crippen molar-refractivity contribution >= 4 is 50.7 Å². The number of sulfonamides is 1. The quantitative estimate of drug-likeness (QED) is 0.229. The Morgan fingerprint density at radius 2 is 1.58 bits per heavy atom. The summed E-state index contributed by atoms with van der Waals surface area (Å²) in [5.41, 5.74) is -0.939. The zero-order chi connectivity index (χ0) is 31.9. The Kier molecular flexibility index (Phi) is 11.5. The maximum Gasteiger partial charge on any atom is 0.416 e. The van der Waals surface area contributed by atoms with Crippen molar-refractivity contribution in [3.63, 3.8) is 0 Å². The molecule has 3 aromatic carbocycles. The Morgan fingerprint density at radius 3 is 2.16 bits per heavy atom. The maximum atomic E-state index is 14.1. The van der Waals surface area contributed by atoms with Gasteiger partial charge >= 0.3 is 6.18 Å². The number of nitrogens with zero attached hydrogens (tertiary/aromatic N) is 2. The maximum absolute atomic E-state index is 14.1. The molecular formula is C30H32Cl2F3N3O4S. The van der Waals surface area contributed by atoms with Crippen LogP contribution in [0.1, 0.15) is 44.7 Å². The average Bonchev–Trinajstić information content (AvgIpc) is 2.97. The molecule has 3 aromatic rings. The molecule has 0 heterocycles. The smallest absolute Gasteiger partial charge is 0.352 e. The molecule has 0 aliphatic carbocycles. The lowest BCUT2D eigenvalue weighted by atomic mass is 10.1. The number of hydrogen-bond donors (Lipinski definition) is 1. The number of halogens is 5. The second kappa shape index (κ2) is 14.5. The van der Waals surface area contributed by atoms with E-state index < -0.39 is 46.2 Å². The minimum Gasteiger partial charge on any atom is -0.352 e. The summed E-state index contributed by atoms with van der Waals surface area (Å²) in [7, 11) is -4.53. The highest BCUT2D eigenvalue weighted by Gasteiger charge is 2.36. The minimum atomic E-state index is -4.76. The molecule has 0 aliphatic rings. The molecule has 0 aliphatic heterocycles. The van der Waals surface area contributed by atoms with E-state index in [9.17, 15) is 31.2 Å². The van der Waals surface area contributed by atoms with Gasteiger partial charge in [0.25, 0.3) is 10.0 Å². The van der Waals surface area contributed by atoms with E-state index in [4.69, 9.17) is 23.2 Å². The molecule has 0 saturated carbocycles. The van der Waals surface area contributed by atoms with Crippen LogP contribution in [0.5, 0.6) is 0 Å². The van der Waals surface area contributed by atoms with E-state index >= 15 is 0 Å². The second-order valence-corrected chi connectivity index (χ2v) is 12.6. The first-order valence-corrected chi connectivity index (χ1v) is 15.7. The van der Waals surface area contributed by atoms with E-state index in [1.807, 2.05) is 6.92 Å². The normalized spacial score (nSPS) is 13.2. The first-order valence-electron chi connectivity index (χ1n) is 13.5. The third-order valence-corrected chi connectivity index (χ3v) is 9.32. The van der Waals surface area contributed by atoms with Gasteiger partial charge in [-0.2, -0.15) is 13.2 Å². The van der Waals surface area contributed by atoms with Gasteiger partial charge in [-0.1, -0.05) is 67.4 Å². The standard InChI is InChI=1S/C30H32Cl2F3N3O4S/c1-4-20(3)36-29(40)27(5-2)37(18-21-14-15-25(31)26(32)16-21)28(39)19-38(43(41,42)24-12-7-6-8-13-24)23-11-9-10-22(17-23)30(33,34)35/h6-17,20,27H,4-5,18-19H2,1-3H3,(H,36,40)/t20-,27+/m1/s1. The molecule has 43 heavy (non-hydrogen) atoms. The van der Waals surface area contributed by atoms with Crippen molar-refractivity contribution in [1.29, 1.82) is 0 Å². The van der Waals surface area contributed by atoms with Gasteiger partial charge in [0, 0.05) is 12.6 Å². The topological polar surface area (TPSA) is 86.8 Å². The predicted molar refractivity (Wildman–Crippen MR) is 161 cm³/mol. The number of benzene rings is 3. The zero-order valence-electron chi connectivity index (χ0n) is 23.7. The number of anilines is 1. The van der Waals surface area contributed by atoms with Crippen LogP contribution in [0, 0.1) is 0 Å². The fourth-order valence-electron chi connectivity index (χ4n) is 4.28. The van der Waals surface area contributed by atoms with Gasteiger partial charge in [0.15, 0.2) is 0 Å². The highest BCUT2D eigenvalue weighted by Crippen LogP contribution is 2.33. The molecule has 1 N–H and O–H groups in total. The van der Waals surface area contributed by atoms with Gasteiger partial charge in [0.1, 0.15) is 12.6 Å². The van der Waals surface area contributed by atoms with Gasteiger partial charge in [0.05, 0.1) is 26.2 Å². The van der Waals surface area contributed by atoms with Gasteiger partial charge in [-0.15, -0.1) is 0 Å². The number of rotatable bonds is 12. The van der Waals surface area contributed by atoms with Crippen LogP contribution in [0.15, 0.2) is 77.7 Å². The Morgan fingerprint density at radius 1 is 0.907 bits per heavy atom. The molecule has 0 spiro atoms. The number of carbonyl (C=O) groups excluding carboxylic acids is 2. The highest BCUT2D eigenvalue weighted by molar-refractivity contribution is 7.92. The molecule has 0 aromatic heterocycles. The minimum absolute atomic E-state index is 0.149. The molecule has 0 radical (unpaired) electrons. The Labute approximate surface area is 259 Å². The van der Waals surface area contributed by atoms with Crippen molar-refractivity contribution in [3.8, 4) is 0 Å². The van der Waals surface area contributed by atoms with Crippen molar-refractivity contribution in [1.82, 2.24) is 10.2 Å². The molecular weight excluding hydrogens is 626 g/mol. The summed E-state index contributed by atoms with van der Waals surface area (Å²) in [6, 6.07) is 14.2. The van der Waals surface area contributed by atoms with Crippen LogP contribution in [0.2, 0.25) is 10.0 Å². The van der Waals surface area contributed by atoms with Crippen molar-refractivity contribution in [3.05, 3.63) is 94.0 Å². The van der Waals surface area contributed by atoms with Crippen LogP contribution >= 0.6 is 23.2 Å². The van der Waals surface area contributed by atoms with E-state index in [-0.39, 0.29) is 39.6 Å². The lowest BCUT2D eigenvalue weighted by Crippen LogP contribution is -2.53. The molecule has 2 atom stereocenters. The number of alkyl halides is 3. The summed E-state index contributed by atoms with van der Waals surface area (Å²) >= 11 is 12.2. The number of amides is 2. The van der Waals surface area contributed by atoms with E-state index in [0.717, 1.165) is 12.1 Å². The summed E-state index contributed by atoms with van der Waals surface area (Å²) < 4.78 is 69.1. The lowest BCUT2D eigenvalue weighted by Gasteiger charge is -2.34. The monoisotopic (exact) mass is 657 g/mol. The molecule has 13 heteroatoms. The Bertz CT molecular complexity index is 1540. The number of nitrogens with one attached hydrogen (secondary N) is 1. The first kappa shape index (κ1) is 34.2. The van der Waals surface area contributed by atoms with Gasteiger partial charge in [0.2, 0.25) is 11.8 Å². The first-order chi connectivity index (χ1) is 20.2. The van der Waals surface area contributed by atoms with E-state index in [0.29, 0.717) is 22.4 Å². The average molecular weight is 659 g/mol. The molecule has 0 unspecified atom stereocenters. The molecule has 7 nitrogen and oxygen atoms in total. The SMILES string of the molecule is CC[C@@H](C)NC(=O)[C@H](CC)N(Cc1ccc(Cl)c(Cl)c1)C(=O)CN(c1cccc(C(F)(F)F)c1)S(=O)(=O)c1ccccc1. The van der Waals surface area contributed by atoms with Gasteiger partial charge in [-0.3, -0.25) is 13.9 Å². The third kappa shape index (κ3) is 8.64. The van der Waals surface area contributed by atoms with Crippen LogP contribution in [0.25, 0.3) is 0 Å². The summed E-state index contributed by atoms with van der Waals surface area (Å²) in [6.07, 6.45) is -3.96. The number of carbonyl (C=O) groups is 2. The largest absolute Gasteiger partial charge is 0.416 e. The van der Waals surface area contributed by atoms with Crippen molar-refractivity contribution in [2.75, 3.05) is 10.8 Å². The molecule has 0 fully saturated rings. The van der Waals surface area contributed by atoms with E-state index in [1.165, 1.54) is 47.4 Å². The van der Waals surface area contributed by atoms with Crippen molar-refractivity contribution in [2.24, 2.45) is 0 Å². The van der Waals surface area contributed by atoms with Crippen LogP contribution in [0.4, 0.5) is 18.9 Å². The molecule has 2 amide bonds. The number of hydrogen-bond acceptors (Lipinski definition) is 4. The fraction of sp³-hybridized carbons (Fsp3) is 0.333. The van der Waals surface area contributed by atoms with Gasteiger partial charge in [-0.25, -0.2) is 8.42 Å². The third-order valence-electron chi connectivity index (χ3n) is 6.80. The van der Waals surface area contributed by atoms with Crippen molar-refractivity contribution in [2.45, 2.75) is 63.3 Å². The van der Waals surface area contributed by atoms with Crippen molar-refractivity contribution < 1.29 is 31.2 Å². The summed E-state index contributed by atoms with van der Waals surface area (Å²) in [5, 5.41) is 3.33. The van der Waals surface area contributed by atoms with Crippen LogP contribution in [0.3, 0.4) is 0 Å². The zero-order valence-corrected chi connectivity index (χ0v) is 26.1. The Hall–Kier alpha value is -3.28. The summed E-state index contributed by atoms with van der Waals surface area (Å²) in [4.78, 5) is 28.4. The summed E-state index contributed by atoms with van der Waals surface area (Å²) in [6.45, 7) is 4.35. The van der Waals surface area contributed by atoms with Crippen LogP contribution in [-0.4, -0.2) is 43.8 Å². The predicted octanol–water partition coefficient (Wildman–Crippen LogP) is 6.93. The van der Waals surface area contributed by atoms with Crippen LogP contribution < -0.4 is 9.62 Å². The molecule has 0 saturated heterocycles. The van der Waals surface area contributed by atoms with E-state index in [2.05, 4.69) is 5.32 Å².